The van der Waals surface area contributed by atoms with Gasteiger partial charge in [0.05, 0.1) is 6.42 Å². The van der Waals surface area contributed by atoms with Crippen molar-refractivity contribution in [3.8, 4) is 11.1 Å². The van der Waals surface area contributed by atoms with Gasteiger partial charge in [0.15, 0.2) is 5.78 Å². The van der Waals surface area contributed by atoms with Gasteiger partial charge in [-0.25, -0.2) is 0 Å². The van der Waals surface area contributed by atoms with Gasteiger partial charge in [0.1, 0.15) is 11.6 Å². The maximum absolute atomic E-state index is 13.5. The molecular weight excluding hydrogens is 468 g/mol. The molecule has 0 heterocycles. The quantitative estimate of drug-likeness (QED) is 0.175. The molecule has 0 fully saturated rings. The molecule has 0 saturated heterocycles. The second-order valence-corrected chi connectivity index (χ2v) is 11.6. The summed E-state index contributed by atoms with van der Waals surface area (Å²) in [5, 5.41) is 0. The van der Waals surface area contributed by atoms with Crippen molar-refractivity contribution in [1.82, 2.24) is 0 Å². The third-order valence-corrected chi connectivity index (χ3v) is 8.49. The van der Waals surface area contributed by atoms with Crippen molar-refractivity contribution < 1.29 is 14.4 Å². The van der Waals surface area contributed by atoms with Crippen molar-refractivity contribution in [3.05, 3.63) is 58.7 Å². The number of carbonyl (C=O) groups excluding carboxylic acids is 3. The predicted octanol–water partition coefficient (Wildman–Crippen LogP) is 8.91. The first-order chi connectivity index (χ1) is 18.3. The second-order valence-electron chi connectivity index (χ2n) is 11.6. The highest BCUT2D eigenvalue weighted by molar-refractivity contribution is 6.02. The van der Waals surface area contributed by atoms with Crippen LogP contribution in [0.5, 0.6) is 0 Å². The Labute approximate surface area is 230 Å². The van der Waals surface area contributed by atoms with Crippen molar-refractivity contribution in [1.29, 1.82) is 0 Å². The molecule has 0 saturated carbocycles. The number of aryl methyl sites for hydroxylation is 2. The van der Waals surface area contributed by atoms with Crippen LogP contribution in [0.4, 0.5) is 0 Å². The van der Waals surface area contributed by atoms with E-state index < -0.39 is 0 Å². The highest BCUT2D eigenvalue weighted by Gasteiger charge is 2.34. The highest BCUT2D eigenvalue weighted by Crippen LogP contribution is 2.40. The van der Waals surface area contributed by atoms with Crippen molar-refractivity contribution in [2.75, 3.05) is 0 Å². The lowest BCUT2D eigenvalue weighted by Crippen LogP contribution is -2.30. The number of Topliss-reactive ketones (excluding diaryl/α,β-unsaturated/α-hetero) is 3. The van der Waals surface area contributed by atoms with Crippen molar-refractivity contribution in [2.45, 2.75) is 112 Å². The molecule has 1 aliphatic carbocycles. The van der Waals surface area contributed by atoms with Gasteiger partial charge in [0.25, 0.3) is 0 Å². The van der Waals surface area contributed by atoms with Crippen LogP contribution in [0, 0.1) is 24.7 Å². The molecule has 38 heavy (non-hydrogen) atoms. The Morgan fingerprint density at radius 1 is 0.921 bits per heavy atom. The average Bonchev–Trinajstić information content (AvgIpc) is 2.87. The number of hydrogen-bond acceptors (Lipinski definition) is 3. The van der Waals surface area contributed by atoms with E-state index in [1.54, 1.807) is 0 Å². The van der Waals surface area contributed by atoms with Crippen LogP contribution >= 0.6 is 0 Å². The summed E-state index contributed by atoms with van der Waals surface area (Å²) in [6, 6.07) is 13.2. The normalized spacial score (nSPS) is 16.7. The highest BCUT2D eigenvalue weighted by atomic mass is 16.1. The number of rotatable bonds is 15. The zero-order chi connectivity index (χ0) is 27.7. The largest absolute Gasteiger partial charge is 0.300 e. The molecule has 1 aliphatic rings. The number of carbonyl (C=O) groups is 3. The van der Waals surface area contributed by atoms with Gasteiger partial charge in [-0.2, -0.15) is 0 Å². The van der Waals surface area contributed by atoms with E-state index in [0.29, 0.717) is 6.42 Å². The lowest BCUT2D eigenvalue weighted by atomic mass is 9.71. The first kappa shape index (κ1) is 30.0. The van der Waals surface area contributed by atoms with Crippen molar-refractivity contribution >= 4 is 17.3 Å². The summed E-state index contributed by atoms with van der Waals surface area (Å²) >= 11 is 0. The molecule has 2 aromatic carbocycles. The van der Waals surface area contributed by atoms with Gasteiger partial charge < -0.3 is 0 Å². The summed E-state index contributed by atoms with van der Waals surface area (Å²) in [7, 11) is 0. The maximum atomic E-state index is 13.5. The third kappa shape index (κ3) is 7.74. The molecule has 0 N–H and O–H groups in total. The first-order valence-corrected chi connectivity index (χ1v) is 15.1. The molecule has 3 atom stereocenters. The molecule has 206 valence electrons. The molecule has 3 heteroatoms. The molecule has 0 amide bonds. The van der Waals surface area contributed by atoms with Gasteiger partial charge in [-0.3, -0.25) is 14.4 Å². The minimum atomic E-state index is -0.0998. The lowest BCUT2D eigenvalue weighted by molar-refractivity contribution is -0.129. The Kier molecular flexibility index (Phi) is 11.5. The van der Waals surface area contributed by atoms with E-state index in [4.69, 9.17) is 0 Å². The van der Waals surface area contributed by atoms with Crippen molar-refractivity contribution in [3.63, 3.8) is 0 Å². The Bertz CT molecular complexity index is 1090. The minimum absolute atomic E-state index is 0.0308. The molecule has 0 spiro atoms. The van der Waals surface area contributed by atoms with Gasteiger partial charge in [0, 0.05) is 17.9 Å². The Morgan fingerprint density at radius 3 is 2.29 bits per heavy atom. The standard InChI is InChI=1S/C35H48O3/c1-6-9-10-11-13-26-15-17-28(18-16-26)31-19-14-24(4)35-32(31)22-27(23-34(35)38)21-29(12-7-2)30(8-3)33(37)20-25(5)36/h14-19,27,29-30H,6-13,20-23H2,1-5H3. The molecule has 3 rings (SSSR count). The first-order valence-electron chi connectivity index (χ1n) is 15.1. The topological polar surface area (TPSA) is 51.2 Å². The van der Waals surface area contributed by atoms with Crippen LogP contribution in [0.2, 0.25) is 0 Å². The summed E-state index contributed by atoms with van der Waals surface area (Å²) in [5.74, 6) is 0.601. The summed E-state index contributed by atoms with van der Waals surface area (Å²) in [4.78, 5) is 38.1. The number of unbranched alkanes of at least 4 members (excludes halogenated alkanes) is 3. The number of hydrogen-bond donors (Lipinski definition) is 0. The number of fused-ring (bicyclic) bond motifs is 1. The van der Waals surface area contributed by atoms with Crippen LogP contribution in [0.25, 0.3) is 11.1 Å². The van der Waals surface area contributed by atoms with E-state index in [1.165, 1.54) is 54.9 Å². The summed E-state index contributed by atoms with van der Waals surface area (Å²) < 4.78 is 0. The molecule has 0 bridgehead atoms. The van der Waals surface area contributed by atoms with Gasteiger partial charge in [-0.05, 0) is 85.6 Å². The van der Waals surface area contributed by atoms with Gasteiger partial charge in [-0.1, -0.05) is 89.3 Å². The summed E-state index contributed by atoms with van der Waals surface area (Å²) in [6.07, 6.45) is 11.2. The van der Waals surface area contributed by atoms with Gasteiger partial charge in [0.2, 0.25) is 0 Å². The Balaban J connectivity index is 1.84. The lowest BCUT2D eigenvalue weighted by Gasteiger charge is -2.32. The fourth-order valence-corrected chi connectivity index (χ4v) is 6.62. The smallest absolute Gasteiger partial charge is 0.163 e. The monoisotopic (exact) mass is 516 g/mol. The minimum Gasteiger partial charge on any atom is -0.300 e. The zero-order valence-electron chi connectivity index (χ0n) is 24.4. The van der Waals surface area contributed by atoms with Crippen LogP contribution in [0.15, 0.2) is 36.4 Å². The Morgan fingerprint density at radius 2 is 1.66 bits per heavy atom. The SMILES string of the molecule is CCCCCCc1ccc(-c2ccc(C)c3c2CC(CC(CCC)C(CC)C(=O)CC(C)=O)CC3=O)cc1. The number of benzene rings is 2. The van der Waals surface area contributed by atoms with E-state index in [9.17, 15) is 14.4 Å². The van der Waals surface area contributed by atoms with Gasteiger partial charge in [-0.15, -0.1) is 0 Å². The molecule has 0 aromatic heterocycles. The van der Waals surface area contributed by atoms with Crippen molar-refractivity contribution in [2.24, 2.45) is 17.8 Å². The number of ketones is 3. The third-order valence-electron chi connectivity index (χ3n) is 8.49. The molecule has 2 aromatic rings. The van der Waals surface area contributed by atoms with Gasteiger partial charge >= 0.3 is 0 Å². The molecule has 0 aliphatic heterocycles. The van der Waals surface area contributed by atoms with E-state index in [0.717, 1.165) is 49.7 Å². The summed E-state index contributed by atoms with van der Waals surface area (Å²) in [6.45, 7) is 10.0. The van der Waals surface area contributed by atoms with Crippen LogP contribution in [-0.2, 0) is 22.4 Å². The fraction of sp³-hybridized carbons (Fsp3) is 0.571. The van der Waals surface area contributed by atoms with Crippen LogP contribution in [0.3, 0.4) is 0 Å². The van der Waals surface area contributed by atoms with E-state index in [2.05, 4.69) is 57.2 Å². The fourth-order valence-electron chi connectivity index (χ4n) is 6.62. The van der Waals surface area contributed by atoms with E-state index in [1.807, 2.05) is 6.92 Å². The molecule has 0 radical (unpaired) electrons. The molecule has 3 nitrogen and oxygen atoms in total. The van der Waals surface area contributed by atoms with Crippen LogP contribution < -0.4 is 0 Å². The average molecular weight is 517 g/mol. The van der Waals surface area contributed by atoms with E-state index in [-0.39, 0.29) is 41.5 Å². The maximum Gasteiger partial charge on any atom is 0.163 e. The molecule has 3 unspecified atom stereocenters. The second kappa shape index (κ2) is 14.6. The zero-order valence-corrected chi connectivity index (χ0v) is 24.4. The van der Waals surface area contributed by atoms with E-state index >= 15 is 0 Å². The van der Waals surface area contributed by atoms with Crippen LogP contribution in [-0.4, -0.2) is 17.3 Å². The predicted molar refractivity (Wildman–Crippen MR) is 158 cm³/mol. The molecular formula is C35H48O3. The van der Waals surface area contributed by atoms with Crippen LogP contribution in [0.1, 0.15) is 119 Å². The summed E-state index contributed by atoms with van der Waals surface area (Å²) in [5.41, 5.74) is 6.89. The Hall–Kier alpha value is -2.55.